The molecule has 1 aromatic rings. The fourth-order valence-electron chi connectivity index (χ4n) is 3.21. The maximum atomic E-state index is 5.87. The fourth-order valence-corrected chi connectivity index (χ4v) is 3.21. The maximum absolute atomic E-state index is 5.87. The first-order valence-corrected chi connectivity index (χ1v) is 7.53. The van der Waals surface area contributed by atoms with E-state index in [-0.39, 0.29) is 0 Å². The van der Waals surface area contributed by atoms with Gasteiger partial charge in [-0.25, -0.2) is 0 Å². The molecule has 2 unspecified atom stereocenters. The summed E-state index contributed by atoms with van der Waals surface area (Å²) in [5.74, 6) is 3.03. The zero-order valence-corrected chi connectivity index (χ0v) is 12.8. The van der Waals surface area contributed by atoms with Gasteiger partial charge in [0.2, 0.25) is 0 Å². The average molecular weight is 264 g/mol. The van der Waals surface area contributed by atoms with Crippen LogP contribution in [0, 0.1) is 12.8 Å². The van der Waals surface area contributed by atoms with E-state index in [4.69, 9.17) is 4.42 Å². The Bertz CT molecular complexity index is 399. The van der Waals surface area contributed by atoms with E-state index < -0.39 is 0 Å². The van der Waals surface area contributed by atoms with Crippen LogP contribution >= 0.6 is 0 Å². The Morgan fingerprint density at radius 2 is 2.21 bits per heavy atom. The van der Waals surface area contributed by atoms with Crippen LogP contribution in [-0.2, 0) is 13.1 Å². The number of hydrogen-bond donors (Lipinski definition) is 1. The molecule has 2 atom stereocenters. The molecule has 1 aliphatic rings. The summed E-state index contributed by atoms with van der Waals surface area (Å²) in [5, 5.41) is 3.19. The highest BCUT2D eigenvalue weighted by atomic mass is 16.3. The quantitative estimate of drug-likeness (QED) is 0.884. The van der Waals surface area contributed by atoms with Gasteiger partial charge < -0.3 is 9.73 Å². The first kappa shape index (κ1) is 14.6. The molecule has 0 saturated heterocycles. The normalized spacial score (nSPS) is 24.1. The summed E-state index contributed by atoms with van der Waals surface area (Å²) in [5.41, 5.74) is 1.28. The van der Waals surface area contributed by atoms with Crippen molar-refractivity contribution in [3.63, 3.8) is 0 Å². The predicted molar refractivity (Wildman–Crippen MR) is 79.1 cm³/mol. The van der Waals surface area contributed by atoms with Gasteiger partial charge >= 0.3 is 0 Å². The summed E-state index contributed by atoms with van der Waals surface area (Å²) in [6.07, 6.45) is 5.44. The number of furan rings is 1. The van der Waals surface area contributed by atoms with E-state index in [1.165, 1.54) is 31.2 Å². The lowest BCUT2D eigenvalue weighted by Crippen LogP contribution is -2.34. The van der Waals surface area contributed by atoms with Crippen molar-refractivity contribution in [3.05, 3.63) is 23.2 Å². The first-order valence-electron chi connectivity index (χ1n) is 7.53. The third-order valence-electron chi connectivity index (χ3n) is 4.38. The highest BCUT2D eigenvalue weighted by Gasteiger charge is 2.23. The molecule has 108 valence electrons. The lowest BCUT2D eigenvalue weighted by molar-refractivity contribution is 0.148. The van der Waals surface area contributed by atoms with Gasteiger partial charge in [-0.2, -0.15) is 0 Å². The minimum absolute atomic E-state index is 0.724. The van der Waals surface area contributed by atoms with Gasteiger partial charge in [-0.05, 0) is 45.8 Å². The minimum Gasteiger partial charge on any atom is -0.465 e. The standard InChI is InChI=1S/C16H28N2O/c1-12-6-5-7-15(8-12)18(4)11-16-9-14(10-17-3)13(2)19-16/h9,12,15,17H,5-8,10-11H2,1-4H3. The van der Waals surface area contributed by atoms with Crippen LogP contribution in [0.2, 0.25) is 0 Å². The number of nitrogens with one attached hydrogen (secondary N) is 1. The number of hydrogen-bond acceptors (Lipinski definition) is 3. The van der Waals surface area contributed by atoms with E-state index >= 15 is 0 Å². The van der Waals surface area contributed by atoms with Crippen LogP contribution in [0.4, 0.5) is 0 Å². The van der Waals surface area contributed by atoms with E-state index in [0.717, 1.165) is 36.6 Å². The lowest BCUT2D eigenvalue weighted by Gasteiger charge is -2.33. The van der Waals surface area contributed by atoms with E-state index in [1.54, 1.807) is 0 Å². The largest absolute Gasteiger partial charge is 0.465 e. The van der Waals surface area contributed by atoms with Crippen molar-refractivity contribution in [1.82, 2.24) is 10.2 Å². The van der Waals surface area contributed by atoms with Gasteiger partial charge in [0.1, 0.15) is 11.5 Å². The van der Waals surface area contributed by atoms with Gasteiger partial charge in [-0.1, -0.05) is 19.8 Å². The van der Waals surface area contributed by atoms with Gasteiger partial charge in [-0.15, -0.1) is 0 Å². The van der Waals surface area contributed by atoms with Crippen molar-refractivity contribution in [1.29, 1.82) is 0 Å². The topological polar surface area (TPSA) is 28.4 Å². The summed E-state index contributed by atoms with van der Waals surface area (Å²) >= 11 is 0. The number of aryl methyl sites for hydroxylation is 1. The molecule has 1 heterocycles. The Morgan fingerprint density at radius 1 is 1.42 bits per heavy atom. The molecular formula is C16H28N2O. The highest BCUT2D eigenvalue weighted by Crippen LogP contribution is 2.28. The van der Waals surface area contributed by atoms with Crippen LogP contribution in [0.15, 0.2) is 10.5 Å². The van der Waals surface area contributed by atoms with Crippen molar-refractivity contribution < 1.29 is 4.42 Å². The van der Waals surface area contributed by atoms with E-state index in [1.807, 2.05) is 7.05 Å². The summed E-state index contributed by atoms with van der Waals surface area (Å²) in [6.45, 7) is 6.25. The molecule has 0 bridgehead atoms. The molecule has 19 heavy (non-hydrogen) atoms. The van der Waals surface area contributed by atoms with Crippen molar-refractivity contribution in [2.45, 2.75) is 58.7 Å². The Labute approximate surface area is 117 Å². The minimum atomic E-state index is 0.724. The van der Waals surface area contributed by atoms with Crippen LogP contribution in [0.1, 0.15) is 49.7 Å². The third-order valence-corrected chi connectivity index (χ3v) is 4.38. The summed E-state index contributed by atoms with van der Waals surface area (Å²) < 4.78 is 5.87. The Kier molecular flexibility index (Phi) is 5.06. The van der Waals surface area contributed by atoms with Crippen molar-refractivity contribution >= 4 is 0 Å². The smallest absolute Gasteiger partial charge is 0.118 e. The van der Waals surface area contributed by atoms with Gasteiger partial charge in [-0.3, -0.25) is 4.90 Å². The molecule has 1 aromatic heterocycles. The molecule has 0 aromatic carbocycles. The molecule has 0 spiro atoms. The fraction of sp³-hybridized carbons (Fsp3) is 0.750. The number of nitrogens with zero attached hydrogens (tertiary/aromatic N) is 1. The van der Waals surface area contributed by atoms with Crippen LogP contribution in [0.25, 0.3) is 0 Å². The summed E-state index contributed by atoms with van der Waals surface area (Å²) in [6, 6.07) is 2.93. The van der Waals surface area contributed by atoms with Crippen molar-refractivity contribution in [3.8, 4) is 0 Å². The molecule has 1 fully saturated rings. The number of rotatable bonds is 5. The molecule has 1 N–H and O–H groups in total. The Balaban J connectivity index is 1.94. The Hall–Kier alpha value is -0.800. The van der Waals surface area contributed by atoms with Crippen LogP contribution in [0.3, 0.4) is 0 Å². The molecular weight excluding hydrogens is 236 g/mol. The molecule has 3 heteroatoms. The molecule has 0 aliphatic heterocycles. The molecule has 0 radical (unpaired) electrons. The van der Waals surface area contributed by atoms with Crippen molar-refractivity contribution in [2.75, 3.05) is 14.1 Å². The highest BCUT2D eigenvalue weighted by molar-refractivity contribution is 5.20. The second-order valence-corrected chi connectivity index (χ2v) is 6.17. The molecule has 0 amide bonds. The first-order chi connectivity index (χ1) is 9.10. The zero-order chi connectivity index (χ0) is 13.8. The Morgan fingerprint density at radius 3 is 2.89 bits per heavy atom. The van der Waals surface area contributed by atoms with E-state index in [0.29, 0.717) is 0 Å². The van der Waals surface area contributed by atoms with Gasteiger partial charge in [0.25, 0.3) is 0 Å². The van der Waals surface area contributed by atoms with Gasteiger partial charge in [0, 0.05) is 18.2 Å². The second kappa shape index (κ2) is 6.58. The van der Waals surface area contributed by atoms with Crippen LogP contribution in [-0.4, -0.2) is 25.0 Å². The van der Waals surface area contributed by atoms with Gasteiger partial charge in [0.05, 0.1) is 6.54 Å². The molecule has 1 aliphatic carbocycles. The third kappa shape index (κ3) is 3.83. The maximum Gasteiger partial charge on any atom is 0.118 e. The van der Waals surface area contributed by atoms with Crippen LogP contribution < -0.4 is 5.32 Å². The molecule has 3 nitrogen and oxygen atoms in total. The monoisotopic (exact) mass is 264 g/mol. The molecule has 1 saturated carbocycles. The SMILES string of the molecule is CNCc1cc(CN(C)C2CCCC(C)C2)oc1C. The predicted octanol–water partition coefficient (Wildman–Crippen LogP) is 3.32. The van der Waals surface area contributed by atoms with Gasteiger partial charge in [0.15, 0.2) is 0 Å². The summed E-state index contributed by atoms with van der Waals surface area (Å²) in [4.78, 5) is 2.47. The molecule has 2 rings (SSSR count). The van der Waals surface area contributed by atoms with E-state index in [9.17, 15) is 0 Å². The van der Waals surface area contributed by atoms with Crippen molar-refractivity contribution in [2.24, 2.45) is 5.92 Å². The average Bonchev–Trinajstić information content (AvgIpc) is 2.70. The lowest BCUT2D eigenvalue weighted by atomic mass is 9.86. The van der Waals surface area contributed by atoms with Crippen LogP contribution in [0.5, 0.6) is 0 Å². The second-order valence-electron chi connectivity index (χ2n) is 6.17. The van der Waals surface area contributed by atoms with E-state index in [2.05, 4.69) is 37.2 Å². The zero-order valence-electron chi connectivity index (χ0n) is 12.8. The summed E-state index contributed by atoms with van der Waals surface area (Å²) in [7, 11) is 4.21.